The highest BCUT2D eigenvalue weighted by atomic mass is 35.5. The largest absolute Gasteiger partial charge is 0.469 e. The predicted molar refractivity (Wildman–Crippen MR) is 75.5 cm³/mol. The van der Waals surface area contributed by atoms with Crippen molar-refractivity contribution in [2.75, 3.05) is 5.32 Å². The van der Waals surface area contributed by atoms with Crippen LogP contribution in [0.15, 0.2) is 45.5 Å². The molecular weight excluding hydrogens is 278 g/mol. The van der Waals surface area contributed by atoms with E-state index in [2.05, 4.69) is 15.5 Å². The number of nitrogens with zero attached hydrogens (tertiary/aromatic N) is 2. The topological polar surface area (TPSA) is 64.1 Å². The lowest BCUT2D eigenvalue weighted by molar-refractivity contribution is 0.384. The van der Waals surface area contributed by atoms with Crippen molar-refractivity contribution in [3.05, 3.63) is 53.3 Å². The molecule has 1 aromatic carbocycles. The summed E-state index contributed by atoms with van der Waals surface area (Å²) in [7, 11) is 0. The van der Waals surface area contributed by atoms with Gasteiger partial charge in [-0.2, -0.15) is 4.98 Å². The van der Waals surface area contributed by atoms with Gasteiger partial charge in [-0.25, -0.2) is 0 Å². The van der Waals surface area contributed by atoms with Gasteiger partial charge in [0.05, 0.1) is 18.4 Å². The van der Waals surface area contributed by atoms with Crippen molar-refractivity contribution >= 4 is 17.3 Å². The van der Waals surface area contributed by atoms with Gasteiger partial charge in [0.1, 0.15) is 5.76 Å². The molecule has 5 nitrogen and oxygen atoms in total. The summed E-state index contributed by atoms with van der Waals surface area (Å²) < 4.78 is 10.4. The van der Waals surface area contributed by atoms with Gasteiger partial charge in [0.15, 0.2) is 0 Å². The predicted octanol–water partition coefficient (Wildman–Crippen LogP) is 3.90. The monoisotopic (exact) mass is 289 g/mol. The SMILES string of the molecule is Cc1occc1-c1noc(CNc2cccc(Cl)c2)n1. The van der Waals surface area contributed by atoms with Crippen LogP contribution in [0.1, 0.15) is 11.7 Å². The first-order valence-electron chi connectivity index (χ1n) is 6.09. The Hall–Kier alpha value is -2.27. The molecule has 0 atom stereocenters. The molecule has 2 heterocycles. The van der Waals surface area contributed by atoms with Crippen LogP contribution in [0, 0.1) is 6.92 Å². The molecule has 0 aliphatic heterocycles. The van der Waals surface area contributed by atoms with Crippen molar-refractivity contribution in [2.45, 2.75) is 13.5 Å². The smallest absolute Gasteiger partial charge is 0.246 e. The van der Waals surface area contributed by atoms with Crippen molar-refractivity contribution in [3.8, 4) is 11.4 Å². The van der Waals surface area contributed by atoms with E-state index in [0.717, 1.165) is 17.0 Å². The molecule has 102 valence electrons. The molecule has 0 spiro atoms. The number of rotatable bonds is 4. The Morgan fingerprint density at radius 1 is 1.30 bits per heavy atom. The van der Waals surface area contributed by atoms with Crippen molar-refractivity contribution in [2.24, 2.45) is 0 Å². The van der Waals surface area contributed by atoms with Crippen LogP contribution < -0.4 is 5.32 Å². The number of benzene rings is 1. The fraction of sp³-hybridized carbons (Fsp3) is 0.143. The normalized spacial score (nSPS) is 10.7. The number of hydrogen-bond donors (Lipinski definition) is 1. The molecule has 20 heavy (non-hydrogen) atoms. The van der Waals surface area contributed by atoms with Crippen LogP contribution >= 0.6 is 11.6 Å². The van der Waals surface area contributed by atoms with Crippen LogP contribution in [0.5, 0.6) is 0 Å². The summed E-state index contributed by atoms with van der Waals surface area (Å²) in [6.07, 6.45) is 1.60. The quantitative estimate of drug-likeness (QED) is 0.789. The fourth-order valence-corrected chi connectivity index (χ4v) is 2.02. The molecule has 0 aliphatic carbocycles. The van der Waals surface area contributed by atoms with Crippen LogP contribution in [-0.4, -0.2) is 10.1 Å². The maximum Gasteiger partial charge on any atom is 0.246 e. The van der Waals surface area contributed by atoms with E-state index in [4.69, 9.17) is 20.5 Å². The van der Waals surface area contributed by atoms with E-state index in [1.807, 2.05) is 37.3 Å². The minimum atomic E-state index is 0.435. The van der Waals surface area contributed by atoms with Gasteiger partial charge in [-0.15, -0.1) is 0 Å². The van der Waals surface area contributed by atoms with Gasteiger partial charge in [0, 0.05) is 10.7 Å². The zero-order chi connectivity index (χ0) is 13.9. The van der Waals surface area contributed by atoms with Gasteiger partial charge in [-0.3, -0.25) is 0 Å². The van der Waals surface area contributed by atoms with Gasteiger partial charge in [0.2, 0.25) is 11.7 Å². The van der Waals surface area contributed by atoms with Crippen LogP contribution in [0.2, 0.25) is 5.02 Å². The van der Waals surface area contributed by atoms with E-state index >= 15 is 0 Å². The summed E-state index contributed by atoms with van der Waals surface area (Å²) in [6, 6.07) is 9.26. The molecule has 0 bridgehead atoms. The summed E-state index contributed by atoms with van der Waals surface area (Å²) in [6.45, 7) is 2.29. The average Bonchev–Trinajstić information content (AvgIpc) is 3.05. The average molecular weight is 290 g/mol. The maximum atomic E-state index is 5.91. The van der Waals surface area contributed by atoms with E-state index < -0.39 is 0 Å². The van der Waals surface area contributed by atoms with Gasteiger partial charge in [-0.1, -0.05) is 22.8 Å². The highest BCUT2D eigenvalue weighted by molar-refractivity contribution is 6.30. The molecule has 0 amide bonds. The molecule has 6 heteroatoms. The molecule has 3 rings (SSSR count). The zero-order valence-electron chi connectivity index (χ0n) is 10.8. The lowest BCUT2D eigenvalue weighted by Crippen LogP contribution is -1.99. The van der Waals surface area contributed by atoms with E-state index in [-0.39, 0.29) is 0 Å². The minimum absolute atomic E-state index is 0.435. The maximum absolute atomic E-state index is 5.91. The number of hydrogen-bond acceptors (Lipinski definition) is 5. The Bertz CT molecular complexity index is 721. The minimum Gasteiger partial charge on any atom is -0.469 e. The Labute approximate surface area is 120 Å². The zero-order valence-corrected chi connectivity index (χ0v) is 11.5. The summed E-state index contributed by atoms with van der Waals surface area (Å²) in [5.74, 6) is 1.79. The van der Waals surface area contributed by atoms with E-state index in [9.17, 15) is 0 Å². The summed E-state index contributed by atoms with van der Waals surface area (Å²) in [4.78, 5) is 4.32. The Kier molecular flexibility index (Phi) is 3.43. The second kappa shape index (κ2) is 5.38. The Morgan fingerprint density at radius 2 is 2.20 bits per heavy atom. The molecule has 0 saturated carbocycles. The molecule has 0 aliphatic rings. The standard InChI is InChI=1S/C14H12ClN3O2/c1-9-12(5-6-19-9)14-17-13(20-18-14)8-16-11-4-2-3-10(15)7-11/h2-7,16H,8H2,1H3. The van der Waals surface area contributed by atoms with E-state index in [1.54, 1.807) is 6.26 Å². The molecule has 0 fully saturated rings. The third-order valence-electron chi connectivity index (χ3n) is 2.84. The highest BCUT2D eigenvalue weighted by Gasteiger charge is 2.12. The van der Waals surface area contributed by atoms with Gasteiger partial charge >= 0.3 is 0 Å². The number of halogens is 1. The lowest BCUT2D eigenvalue weighted by atomic mass is 10.2. The highest BCUT2D eigenvalue weighted by Crippen LogP contribution is 2.21. The molecular formula is C14H12ClN3O2. The third kappa shape index (κ3) is 2.67. The summed E-state index contributed by atoms with van der Waals surface area (Å²) >= 11 is 5.91. The summed E-state index contributed by atoms with van der Waals surface area (Å²) in [5.41, 5.74) is 1.74. The van der Waals surface area contributed by atoms with Crippen LogP contribution in [0.25, 0.3) is 11.4 Å². The van der Waals surface area contributed by atoms with Gasteiger partial charge < -0.3 is 14.3 Å². The van der Waals surface area contributed by atoms with Gasteiger partial charge in [0.25, 0.3) is 0 Å². The third-order valence-corrected chi connectivity index (χ3v) is 3.07. The molecule has 0 saturated heterocycles. The van der Waals surface area contributed by atoms with Crippen molar-refractivity contribution in [1.82, 2.24) is 10.1 Å². The second-order valence-corrected chi connectivity index (χ2v) is 4.70. The number of nitrogens with one attached hydrogen (secondary N) is 1. The number of furan rings is 1. The summed E-state index contributed by atoms with van der Waals surface area (Å²) in [5, 5.41) is 7.78. The molecule has 0 radical (unpaired) electrons. The van der Waals surface area contributed by atoms with E-state index in [1.165, 1.54) is 0 Å². The van der Waals surface area contributed by atoms with Gasteiger partial charge in [-0.05, 0) is 31.2 Å². The Balaban J connectivity index is 1.70. The number of aryl methyl sites for hydroxylation is 1. The van der Waals surface area contributed by atoms with E-state index in [0.29, 0.717) is 23.3 Å². The van der Waals surface area contributed by atoms with Crippen molar-refractivity contribution in [3.63, 3.8) is 0 Å². The van der Waals surface area contributed by atoms with Crippen molar-refractivity contribution in [1.29, 1.82) is 0 Å². The molecule has 1 N–H and O–H groups in total. The van der Waals surface area contributed by atoms with Crippen molar-refractivity contribution < 1.29 is 8.94 Å². The Morgan fingerprint density at radius 3 is 2.95 bits per heavy atom. The molecule has 2 aromatic heterocycles. The lowest BCUT2D eigenvalue weighted by Gasteiger charge is -2.02. The number of aromatic nitrogens is 2. The van der Waals surface area contributed by atoms with Crippen LogP contribution in [0.4, 0.5) is 5.69 Å². The second-order valence-electron chi connectivity index (χ2n) is 4.27. The number of anilines is 1. The fourth-order valence-electron chi connectivity index (χ4n) is 1.83. The molecule has 3 aromatic rings. The first-order valence-corrected chi connectivity index (χ1v) is 6.46. The van der Waals surface area contributed by atoms with Crippen LogP contribution in [0.3, 0.4) is 0 Å². The first-order chi connectivity index (χ1) is 9.72. The first kappa shape index (κ1) is 12.7. The van der Waals surface area contributed by atoms with Crippen LogP contribution in [-0.2, 0) is 6.54 Å². The molecule has 0 unspecified atom stereocenters.